The van der Waals surface area contributed by atoms with Crippen LogP contribution < -0.4 is 19.5 Å². The van der Waals surface area contributed by atoms with E-state index < -0.39 is 0 Å². The summed E-state index contributed by atoms with van der Waals surface area (Å²) in [4.78, 5) is 24.0. The van der Waals surface area contributed by atoms with Gasteiger partial charge in [-0.3, -0.25) is 14.7 Å². The molecule has 1 N–H and O–H groups in total. The van der Waals surface area contributed by atoms with Crippen LogP contribution in [0.2, 0.25) is 0 Å². The normalized spacial score (nSPS) is 11.9. The highest BCUT2D eigenvalue weighted by molar-refractivity contribution is 7.09. The number of aromatic nitrogens is 2. The van der Waals surface area contributed by atoms with Crippen molar-refractivity contribution in [3.05, 3.63) is 136 Å². The van der Waals surface area contributed by atoms with Crippen molar-refractivity contribution >= 4 is 17.2 Å². The Kier molecular flexibility index (Phi) is 9.22. The molecule has 0 saturated carbocycles. The molecule has 8 nitrogen and oxygen atoms in total. The highest BCUT2D eigenvalue weighted by Crippen LogP contribution is 2.33. The van der Waals surface area contributed by atoms with Crippen LogP contribution in [0.3, 0.4) is 0 Å². The standard InChI is InChI=1S/C34H32N4O4S/c39-34(36-17-15-28-8-4-5-16-35-28)30-23-43-33(37-30)21-38(20-27-11-14-31-32(18-27)42-24-41-31)19-25-9-12-29(13-10-25)40-22-26-6-2-1-3-7-26/h1-14,16,18,23H,15,17,19-22,24H2,(H,36,39). The van der Waals surface area contributed by atoms with E-state index in [2.05, 4.69) is 50.5 Å². The molecule has 0 unspecified atom stereocenters. The maximum atomic E-state index is 12.8. The minimum absolute atomic E-state index is 0.174. The molecule has 6 rings (SSSR count). The van der Waals surface area contributed by atoms with Gasteiger partial charge in [-0.2, -0.15) is 0 Å². The van der Waals surface area contributed by atoms with Crippen molar-refractivity contribution in [2.75, 3.05) is 13.3 Å². The van der Waals surface area contributed by atoms with Crippen LogP contribution in [-0.2, 0) is 32.7 Å². The van der Waals surface area contributed by atoms with Crippen LogP contribution in [0.1, 0.15) is 37.9 Å². The van der Waals surface area contributed by atoms with E-state index in [0.29, 0.717) is 44.9 Å². The van der Waals surface area contributed by atoms with Crippen LogP contribution in [0.4, 0.5) is 0 Å². The zero-order valence-corrected chi connectivity index (χ0v) is 24.5. The van der Waals surface area contributed by atoms with Crippen molar-refractivity contribution in [1.29, 1.82) is 0 Å². The van der Waals surface area contributed by atoms with Gasteiger partial charge in [0.05, 0.1) is 6.54 Å². The van der Waals surface area contributed by atoms with E-state index in [-0.39, 0.29) is 12.7 Å². The summed E-state index contributed by atoms with van der Waals surface area (Å²) in [5.41, 5.74) is 4.76. The second kappa shape index (κ2) is 14.0. The first kappa shape index (κ1) is 28.4. The quantitative estimate of drug-likeness (QED) is 0.179. The number of nitrogens with zero attached hydrogens (tertiary/aromatic N) is 3. The van der Waals surface area contributed by atoms with Crippen molar-refractivity contribution < 1.29 is 19.0 Å². The Balaban J connectivity index is 1.10. The van der Waals surface area contributed by atoms with Crippen LogP contribution in [0.15, 0.2) is 103 Å². The number of hydrogen-bond acceptors (Lipinski definition) is 8. The van der Waals surface area contributed by atoms with Gasteiger partial charge in [-0.05, 0) is 53.1 Å². The van der Waals surface area contributed by atoms with Crippen molar-refractivity contribution in [1.82, 2.24) is 20.2 Å². The monoisotopic (exact) mass is 592 g/mol. The molecule has 0 saturated heterocycles. The molecular weight excluding hydrogens is 560 g/mol. The van der Waals surface area contributed by atoms with E-state index in [0.717, 1.165) is 44.6 Å². The predicted molar refractivity (Wildman–Crippen MR) is 165 cm³/mol. The van der Waals surface area contributed by atoms with Crippen molar-refractivity contribution in [2.24, 2.45) is 0 Å². The van der Waals surface area contributed by atoms with Gasteiger partial charge in [0.1, 0.15) is 23.1 Å². The Labute approximate surface area is 254 Å². The van der Waals surface area contributed by atoms with Crippen molar-refractivity contribution in [2.45, 2.75) is 32.7 Å². The Bertz CT molecular complexity index is 1630. The maximum Gasteiger partial charge on any atom is 0.270 e. The molecule has 9 heteroatoms. The largest absolute Gasteiger partial charge is 0.489 e. The molecule has 1 aliphatic heterocycles. The molecule has 0 atom stereocenters. The fourth-order valence-corrected chi connectivity index (χ4v) is 5.59. The molecule has 3 aromatic carbocycles. The van der Waals surface area contributed by atoms with E-state index >= 15 is 0 Å². The average Bonchev–Trinajstić information content (AvgIpc) is 3.71. The molecule has 1 aliphatic rings. The number of pyridine rings is 1. The Morgan fingerprint density at radius 3 is 2.49 bits per heavy atom. The Morgan fingerprint density at radius 1 is 0.860 bits per heavy atom. The molecule has 0 fully saturated rings. The van der Waals surface area contributed by atoms with E-state index in [1.807, 2.05) is 66.0 Å². The fourth-order valence-electron chi connectivity index (χ4n) is 4.78. The maximum absolute atomic E-state index is 12.8. The first-order chi connectivity index (χ1) is 21.2. The molecule has 5 aromatic rings. The second-order valence-corrected chi connectivity index (χ2v) is 11.1. The molecule has 0 spiro atoms. The summed E-state index contributed by atoms with van der Waals surface area (Å²) in [7, 11) is 0. The summed E-state index contributed by atoms with van der Waals surface area (Å²) in [5, 5.41) is 5.65. The summed E-state index contributed by atoms with van der Waals surface area (Å²) in [6.45, 7) is 3.23. The molecule has 43 heavy (non-hydrogen) atoms. The van der Waals surface area contributed by atoms with E-state index in [9.17, 15) is 4.79 Å². The van der Waals surface area contributed by atoms with Gasteiger partial charge >= 0.3 is 0 Å². The Morgan fingerprint density at radius 2 is 1.65 bits per heavy atom. The van der Waals surface area contributed by atoms with Crippen molar-refractivity contribution in [3.8, 4) is 17.2 Å². The number of carbonyl (C=O) groups excluding carboxylic acids is 1. The zero-order valence-electron chi connectivity index (χ0n) is 23.6. The number of amides is 1. The third kappa shape index (κ3) is 7.97. The molecular formula is C34H32N4O4S. The van der Waals surface area contributed by atoms with Crippen LogP contribution in [-0.4, -0.2) is 34.1 Å². The van der Waals surface area contributed by atoms with Gasteiger partial charge in [-0.25, -0.2) is 4.98 Å². The summed E-state index contributed by atoms with van der Waals surface area (Å²) in [6.07, 6.45) is 2.43. The summed E-state index contributed by atoms with van der Waals surface area (Å²) < 4.78 is 17.1. The minimum Gasteiger partial charge on any atom is -0.489 e. The predicted octanol–water partition coefficient (Wildman–Crippen LogP) is 6.02. The Hall–Kier alpha value is -4.73. The first-order valence-electron chi connectivity index (χ1n) is 14.2. The highest BCUT2D eigenvalue weighted by atomic mass is 32.1. The van der Waals surface area contributed by atoms with Gasteiger partial charge < -0.3 is 19.5 Å². The molecule has 218 valence electrons. The van der Waals surface area contributed by atoms with Crippen LogP contribution in [0.5, 0.6) is 17.2 Å². The lowest BCUT2D eigenvalue weighted by Crippen LogP contribution is -2.26. The van der Waals surface area contributed by atoms with E-state index in [1.54, 1.807) is 6.20 Å². The smallest absolute Gasteiger partial charge is 0.270 e. The minimum atomic E-state index is -0.174. The van der Waals surface area contributed by atoms with Gasteiger partial charge in [0.25, 0.3) is 5.91 Å². The van der Waals surface area contributed by atoms with Gasteiger partial charge in [-0.15, -0.1) is 11.3 Å². The number of fused-ring (bicyclic) bond motifs is 1. The number of benzene rings is 3. The highest BCUT2D eigenvalue weighted by Gasteiger charge is 2.17. The lowest BCUT2D eigenvalue weighted by atomic mass is 10.1. The number of nitrogens with one attached hydrogen (secondary N) is 1. The van der Waals surface area contributed by atoms with Crippen molar-refractivity contribution in [3.63, 3.8) is 0 Å². The summed E-state index contributed by atoms with van der Waals surface area (Å²) in [6, 6.07) is 30.1. The third-order valence-corrected chi connectivity index (χ3v) is 7.79. The first-order valence-corrected chi connectivity index (χ1v) is 15.0. The number of hydrogen-bond donors (Lipinski definition) is 1. The van der Waals surface area contributed by atoms with Gasteiger partial charge in [0.2, 0.25) is 6.79 Å². The number of ether oxygens (including phenoxy) is 3. The molecule has 1 amide bonds. The van der Waals surface area contributed by atoms with Crippen LogP contribution in [0.25, 0.3) is 0 Å². The molecule has 2 aromatic heterocycles. The second-order valence-electron chi connectivity index (χ2n) is 10.2. The van der Waals surface area contributed by atoms with Gasteiger partial charge in [0.15, 0.2) is 11.5 Å². The van der Waals surface area contributed by atoms with Crippen LogP contribution in [0, 0.1) is 0 Å². The van der Waals surface area contributed by atoms with Crippen LogP contribution >= 0.6 is 11.3 Å². The lowest BCUT2D eigenvalue weighted by molar-refractivity contribution is 0.0949. The summed E-state index contributed by atoms with van der Waals surface area (Å²) in [5.74, 6) is 2.18. The summed E-state index contributed by atoms with van der Waals surface area (Å²) >= 11 is 1.49. The SMILES string of the molecule is O=C(NCCc1ccccn1)c1csc(CN(Cc2ccc(OCc3ccccc3)cc2)Cc2ccc3c(c2)OCO3)n1. The lowest BCUT2D eigenvalue weighted by Gasteiger charge is -2.22. The molecule has 0 aliphatic carbocycles. The van der Waals surface area contributed by atoms with E-state index in [1.165, 1.54) is 11.3 Å². The van der Waals surface area contributed by atoms with Gasteiger partial charge in [-0.1, -0.05) is 54.6 Å². The fraction of sp³-hybridized carbons (Fsp3) is 0.206. The van der Waals surface area contributed by atoms with E-state index in [4.69, 9.17) is 14.2 Å². The molecule has 3 heterocycles. The number of rotatable bonds is 13. The topological polar surface area (TPSA) is 85.8 Å². The molecule has 0 bridgehead atoms. The molecule has 0 radical (unpaired) electrons. The number of carbonyl (C=O) groups is 1. The average molecular weight is 593 g/mol. The third-order valence-electron chi connectivity index (χ3n) is 6.96. The zero-order chi connectivity index (χ0) is 29.3. The van der Waals surface area contributed by atoms with Gasteiger partial charge in [0, 0.05) is 43.3 Å². The number of thiazole rings is 1.